The summed E-state index contributed by atoms with van der Waals surface area (Å²) in [5, 5.41) is 3.49. The highest BCUT2D eigenvalue weighted by Crippen LogP contribution is 2.21. The number of piperidine rings is 1. The number of halogens is 1. The summed E-state index contributed by atoms with van der Waals surface area (Å²) in [6.45, 7) is 1.18. The molecular formula is C21H21ClN2O2. The number of rotatable bonds is 4. The quantitative estimate of drug-likeness (QED) is 0.821. The summed E-state index contributed by atoms with van der Waals surface area (Å²) in [5.74, 6) is -0.113. The zero-order valence-corrected chi connectivity index (χ0v) is 15.2. The van der Waals surface area contributed by atoms with Gasteiger partial charge in [0, 0.05) is 35.8 Å². The van der Waals surface area contributed by atoms with Crippen LogP contribution >= 0.6 is 11.6 Å². The average Bonchev–Trinajstić information content (AvgIpc) is 2.67. The van der Waals surface area contributed by atoms with Gasteiger partial charge in [-0.05, 0) is 42.7 Å². The molecule has 1 aliphatic rings. The molecule has 5 heteroatoms. The molecule has 0 atom stereocenters. The van der Waals surface area contributed by atoms with Crippen molar-refractivity contribution in [3.63, 3.8) is 0 Å². The Kier molecular flexibility index (Phi) is 6.08. The number of benzene rings is 2. The molecule has 4 nitrogen and oxygen atoms in total. The molecule has 1 N–H and O–H groups in total. The summed E-state index contributed by atoms with van der Waals surface area (Å²) >= 11 is 5.94. The number of anilines is 1. The van der Waals surface area contributed by atoms with E-state index in [4.69, 9.17) is 11.6 Å². The third-order valence-corrected chi connectivity index (χ3v) is 4.72. The second-order valence-corrected chi connectivity index (χ2v) is 6.78. The van der Waals surface area contributed by atoms with Gasteiger partial charge in [-0.25, -0.2) is 0 Å². The van der Waals surface area contributed by atoms with Crippen LogP contribution in [-0.4, -0.2) is 29.8 Å². The van der Waals surface area contributed by atoms with E-state index < -0.39 is 0 Å². The summed E-state index contributed by atoms with van der Waals surface area (Å²) in [6.07, 6.45) is 4.75. The highest BCUT2D eigenvalue weighted by molar-refractivity contribution is 6.30. The van der Waals surface area contributed by atoms with Gasteiger partial charge in [0.25, 0.3) is 0 Å². The van der Waals surface area contributed by atoms with Gasteiger partial charge in [0.05, 0.1) is 0 Å². The van der Waals surface area contributed by atoms with Crippen LogP contribution in [0.3, 0.4) is 0 Å². The summed E-state index contributed by atoms with van der Waals surface area (Å²) in [6, 6.07) is 16.8. The van der Waals surface area contributed by atoms with Crippen molar-refractivity contribution in [2.75, 3.05) is 18.4 Å². The van der Waals surface area contributed by atoms with Gasteiger partial charge in [0.2, 0.25) is 11.8 Å². The second-order valence-electron chi connectivity index (χ2n) is 6.34. The Hall–Kier alpha value is -2.59. The van der Waals surface area contributed by atoms with Crippen molar-refractivity contribution in [1.29, 1.82) is 0 Å². The maximum Gasteiger partial charge on any atom is 0.246 e. The predicted molar refractivity (Wildman–Crippen MR) is 105 cm³/mol. The molecule has 3 rings (SSSR count). The van der Waals surface area contributed by atoms with Crippen LogP contribution in [0, 0.1) is 5.92 Å². The number of likely N-dealkylation sites (tertiary alicyclic amines) is 1. The highest BCUT2D eigenvalue weighted by atomic mass is 35.5. The first-order valence-electron chi connectivity index (χ1n) is 8.70. The monoisotopic (exact) mass is 368 g/mol. The molecule has 1 fully saturated rings. The average molecular weight is 369 g/mol. The van der Waals surface area contributed by atoms with Crippen molar-refractivity contribution in [3.05, 3.63) is 71.3 Å². The van der Waals surface area contributed by atoms with E-state index in [1.54, 1.807) is 29.2 Å². The van der Waals surface area contributed by atoms with Crippen LogP contribution in [0.4, 0.5) is 5.69 Å². The fourth-order valence-corrected chi connectivity index (χ4v) is 3.20. The van der Waals surface area contributed by atoms with Crippen molar-refractivity contribution in [2.24, 2.45) is 5.92 Å². The molecule has 0 aromatic heterocycles. The molecule has 134 valence electrons. The Bertz CT molecular complexity index is 797. The van der Waals surface area contributed by atoms with Crippen molar-refractivity contribution in [1.82, 2.24) is 4.90 Å². The topological polar surface area (TPSA) is 49.4 Å². The van der Waals surface area contributed by atoms with Gasteiger partial charge in [-0.15, -0.1) is 0 Å². The predicted octanol–water partition coefficient (Wildman–Crippen LogP) is 4.23. The molecule has 0 aliphatic carbocycles. The van der Waals surface area contributed by atoms with Crippen molar-refractivity contribution >= 4 is 35.2 Å². The minimum atomic E-state index is -0.0869. The summed E-state index contributed by atoms with van der Waals surface area (Å²) in [7, 11) is 0. The van der Waals surface area contributed by atoms with E-state index in [0.29, 0.717) is 36.6 Å². The maximum atomic E-state index is 12.4. The van der Waals surface area contributed by atoms with Crippen molar-refractivity contribution in [3.8, 4) is 0 Å². The lowest BCUT2D eigenvalue weighted by Gasteiger charge is -2.30. The van der Waals surface area contributed by atoms with Crippen LogP contribution in [0.2, 0.25) is 5.02 Å². The van der Waals surface area contributed by atoms with Crippen LogP contribution in [0.1, 0.15) is 18.4 Å². The second kappa shape index (κ2) is 8.68. The van der Waals surface area contributed by atoms with Gasteiger partial charge in [0.15, 0.2) is 0 Å². The summed E-state index contributed by atoms with van der Waals surface area (Å²) < 4.78 is 0. The number of nitrogens with zero attached hydrogens (tertiary/aromatic N) is 1. The fraction of sp³-hybridized carbons (Fsp3) is 0.238. The van der Waals surface area contributed by atoms with E-state index in [9.17, 15) is 9.59 Å². The van der Waals surface area contributed by atoms with Crippen LogP contribution in [0.25, 0.3) is 6.08 Å². The lowest BCUT2D eigenvalue weighted by molar-refractivity contribution is -0.130. The molecule has 0 radical (unpaired) electrons. The van der Waals surface area contributed by atoms with Gasteiger partial charge < -0.3 is 10.2 Å². The minimum Gasteiger partial charge on any atom is -0.339 e. The Balaban J connectivity index is 1.49. The van der Waals surface area contributed by atoms with E-state index >= 15 is 0 Å². The Morgan fingerprint density at radius 1 is 1.04 bits per heavy atom. The molecule has 0 saturated carbocycles. The fourth-order valence-electron chi connectivity index (χ4n) is 3.01. The Labute approximate surface area is 158 Å². The van der Waals surface area contributed by atoms with Gasteiger partial charge in [-0.1, -0.05) is 48.0 Å². The molecule has 2 amide bonds. The molecule has 2 aromatic carbocycles. The molecule has 0 bridgehead atoms. The summed E-state index contributed by atoms with van der Waals surface area (Å²) in [5.41, 5.74) is 1.70. The molecule has 26 heavy (non-hydrogen) atoms. The Morgan fingerprint density at radius 3 is 2.46 bits per heavy atom. The van der Waals surface area contributed by atoms with Crippen molar-refractivity contribution < 1.29 is 9.59 Å². The number of nitrogens with one attached hydrogen (secondary N) is 1. The molecule has 1 heterocycles. The third kappa shape index (κ3) is 4.96. The van der Waals surface area contributed by atoms with Crippen LogP contribution < -0.4 is 5.32 Å². The number of amides is 2. The molecule has 2 aromatic rings. The zero-order chi connectivity index (χ0) is 18.4. The van der Waals surface area contributed by atoms with E-state index in [2.05, 4.69) is 5.32 Å². The van der Waals surface area contributed by atoms with E-state index in [0.717, 1.165) is 5.56 Å². The van der Waals surface area contributed by atoms with Gasteiger partial charge in [-0.3, -0.25) is 9.59 Å². The molecule has 1 aliphatic heterocycles. The van der Waals surface area contributed by atoms with Gasteiger partial charge >= 0.3 is 0 Å². The molecule has 0 unspecified atom stereocenters. The molecule has 0 spiro atoms. The normalized spacial score (nSPS) is 15.2. The summed E-state index contributed by atoms with van der Waals surface area (Å²) in [4.78, 5) is 26.5. The van der Waals surface area contributed by atoms with Crippen LogP contribution in [0.5, 0.6) is 0 Å². The van der Waals surface area contributed by atoms with Gasteiger partial charge in [0.1, 0.15) is 0 Å². The standard InChI is InChI=1S/C21H21ClN2O2/c22-18-7-4-8-19(15-18)23-21(26)17-11-13-24(14-12-17)20(25)10-9-16-5-2-1-3-6-16/h1-10,15,17H,11-14H2,(H,23,26)/b10-9+. The number of carbonyl (C=O) groups excluding carboxylic acids is 2. The first-order valence-corrected chi connectivity index (χ1v) is 9.08. The van der Waals surface area contributed by atoms with E-state index in [1.807, 2.05) is 42.5 Å². The number of carbonyl (C=O) groups is 2. The lowest BCUT2D eigenvalue weighted by Crippen LogP contribution is -2.40. The van der Waals surface area contributed by atoms with Crippen LogP contribution in [0.15, 0.2) is 60.7 Å². The lowest BCUT2D eigenvalue weighted by atomic mass is 9.95. The minimum absolute atomic E-state index is 0.0115. The zero-order valence-electron chi connectivity index (χ0n) is 14.4. The number of hydrogen-bond acceptors (Lipinski definition) is 2. The van der Waals surface area contributed by atoms with Crippen molar-refractivity contribution in [2.45, 2.75) is 12.8 Å². The third-order valence-electron chi connectivity index (χ3n) is 4.49. The first-order chi connectivity index (χ1) is 12.6. The number of hydrogen-bond donors (Lipinski definition) is 1. The highest BCUT2D eigenvalue weighted by Gasteiger charge is 2.26. The Morgan fingerprint density at radius 2 is 1.77 bits per heavy atom. The smallest absolute Gasteiger partial charge is 0.246 e. The molecular weight excluding hydrogens is 348 g/mol. The van der Waals surface area contributed by atoms with Crippen LogP contribution in [-0.2, 0) is 9.59 Å². The maximum absolute atomic E-state index is 12.4. The first kappa shape index (κ1) is 18.2. The van der Waals surface area contributed by atoms with Gasteiger partial charge in [-0.2, -0.15) is 0 Å². The van der Waals surface area contributed by atoms with E-state index in [-0.39, 0.29) is 17.7 Å². The molecule has 1 saturated heterocycles. The SMILES string of the molecule is O=C(Nc1cccc(Cl)c1)C1CCN(C(=O)/C=C/c2ccccc2)CC1. The largest absolute Gasteiger partial charge is 0.339 e. The van der Waals surface area contributed by atoms with E-state index in [1.165, 1.54) is 0 Å².